The summed E-state index contributed by atoms with van der Waals surface area (Å²) in [6, 6.07) is 3.99. The van der Waals surface area contributed by atoms with Crippen LogP contribution in [0.2, 0.25) is 10.0 Å². The molecule has 2 unspecified atom stereocenters. The first-order chi connectivity index (χ1) is 8.50. The predicted molar refractivity (Wildman–Crippen MR) is 75.8 cm³/mol. The summed E-state index contributed by atoms with van der Waals surface area (Å²) in [4.78, 5) is 2.14. The lowest BCUT2D eigenvalue weighted by molar-refractivity contribution is 0.207. The van der Waals surface area contributed by atoms with E-state index in [4.69, 9.17) is 27.9 Å². The van der Waals surface area contributed by atoms with Crippen LogP contribution < -0.4 is 10.1 Å². The van der Waals surface area contributed by atoms with Crippen LogP contribution in [0, 0.1) is 0 Å². The highest BCUT2D eigenvalue weighted by Crippen LogP contribution is 2.44. The molecule has 1 aromatic carbocycles. The quantitative estimate of drug-likeness (QED) is 0.922. The van der Waals surface area contributed by atoms with Crippen molar-refractivity contribution in [3.8, 4) is 5.75 Å². The van der Waals surface area contributed by atoms with Crippen molar-refractivity contribution >= 4 is 23.2 Å². The number of halogens is 2. The molecule has 0 amide bonds. The van der Waals surface area contributed by atoms with E-state index in [9.17, 15) is 0 Å². The van der Waals surface area contributed by atoms with Gasteiger partial charge in [-0.25, -0.2) is 0 Å². The summed E-state index contributed by atoms with van der Waals surface area (Å²) in [6.07, 6.45) is 0.0677. The van der Waals surface area contributed by atoms with Crippen LogP contribution in [0.15, 0.2) is 12.1 Å². The van der Waals surface area contributed by atoms with Crippen molar-refractivity contribution in [2.75, 3.05) is 27.2 Å². The van der Waals surface area contributed by atoms with E-state index in [1.165, 1.54) is 0 Å². The number of nitrogens with one attached hydrogen (secondary N) is 1. The van der Waals surface area contributed by atoms with Gasteiger partial charge in [0.2, 0.25) is 0 Å². The second-order valence-corrected chi connectivity index (χ2v) is 5.62. The third-order valence-corrected chi connectivity index (χ3v) is 3.90. The molecule has 18 heavy (non-hydrogen) atoms. The second-order valence-electron chi connectivity index (χ2n) is 4.84. The number of hydrogen-bond donors (Lipinski definition) is 1. The second kappa shape index (κ2) is 5.66. The third-order valence-electron chi connectivity index (χ3n) is 3.11. The summed E-state index contributed by atoms with van der Waals surface area (Å²) in [5.74, 6) is 0.721. The fourth-order valence-corrected chi connectivity index (χ4v) is 2.50. The SMILES string of the molecule is CC1Oc2c(ccc(Cl)c2Cl)C1NCCN(C)C. The Bertz CT molecular complexity index is 437. The summed E-state index contributed by atoms with van der Waals surface area (Å²) >= 11 is 12.2. The van der Waals surface area contributed by atoms with E-state index >= 15 is 0 Å². The average Bonchev–Trinajstić information content (AvgIpc) is 2.62. The Morgan fingerprint density at radius 2 is 2.06 bits per heavy atom. The molecule has 1 heterocycles. The molecule has 1 aliphatic rings. The number of likely N-dealkylation sites (N-methyl/N-ethyl adjacent to an activating group) is 1. The number of ether oxygens (including phenoxy) is 1. The van der Waals surface area contributed by atoms with Gasteiger partial charge in [0.15, 0.2) is 0 Å². The van der Waals surface area contributed by atoms with Crippen molar-refractivity contribution < 1.29 is 4.74 Å². The number of fused-ring (bicyclic) bond motifs is 1. The minimum Gasteiger partial charge on any atom is -0.487 e. The zero-order chi connectivity index (χ0) is 13.3. The number of rotatable bonds is 4. The Balaban J connectivity index is 2.13. The summed E-state index contributed by atoms with van der Waals surface area (Å²) in [6.45, 7) is 3.93. The zero-order valence-electron chi connectivity index (χ0n) is 10.8. The normalized spacial score (nSPS) is 22.1. The molecule has 0 aromatic heterocycles. The number of hydrogen-bond acceptors (Lipinski definition) is 3. The minimum absolute atomic E-state index is 0.0677. The first-order valence-corrected chi connectivity index (χ1v) is 6.79. The van der Waals surface area contributed by atoms with Crippen LogP contribution in [-0.4, -0.2) is 38.2 Å². The highest BCUT2D eigenvalue weighted by atomic mass is 35.5. The molecule has 0 radical (unpaired) electrons. The Hall–Kier alpha value is -0.480. The number of benzene rings is 1. The lowest BCUT2D eigenvalue weighted by Crippen LogP contribution is -2.34. The van der Waals surface area contributed by atoms with E-state index in [0.29, 0.717) is 10.0 Å². The van der Waals surface area contributed by atoms with E-state index in [1.54, 1.807) is 0 Å². The van der Waals surface area contributed by atoms with Gasteiger partial charge < -0.3 is 15.0 Å². The highest BCUT2D eigenvalue weighted by molar-refractivity contribution is 6.43. The maximum atomic E-state index is 6.16. The summed E-state index contributed by atoms with van der Waals surface area (Å²) in [7, 11) is 4.11. The van der Waals surface area contributed by atoms with Gasteiger partial charge in [-0.15, -0.1) is 0 Å². The van der Waals surface area contributed by atoms with Crippen molar-refractivity contribution in [3.63, 3.8) is 0 Å². The molecule has 0 bridgehead atoms. The topological polar surface area (TPSA) is 24.5 Å². The summed E-state index contributed by atoms with van der Waals surface area (Å²) in [5, 5.41) is 4.55. The third kappa shape index (κ3) is 2.75. The molecular formula is C13H18Cl2N2O. The molecule has 3 nitrogen and oxygen atoms in total. The average molecular weight is 289 g/mol. The minimum atomic E-state index is 0.0677. The van der Waals surface area contributed by atoms with Gasteiger partial charge in [0, 0.05) is 18.7 Å². The standard InChI is InChI=1S/C13H18Cl2N2O/c1-8-12(16-6-7-17(2)3)9-4-5-10(14)11(15)13(9)18-8/h4-5,8,12,16H,6-7H2,1-3H3. The lowest BCUT2D eigenvalue weighted by Gasteiger charge is -2.18. The Kier molecular flexibility index (Phi) is 4.38. The smallest absolute Gasteiger partial charge is 0.144 e. The Labute approximate surface area is 118 Å². The van der Waals surface area contributed by atoms with Crippen LogP contribution in [0.5, 0.6) is 5.75 Å². The monoisotopic (exact) mass is 288 g/mol. The largest absolute Gasteiger partial charge is 0.487 e. The van der Waals surface area contributed by atoms with Gasteiger partial charge in [0.1, 0.15) is 16.9 Å². The van der Waals surface area contributed by atoms with Gasteiger partial charge in [-0.2, -0.15) is 0 Å². The molecule has 2 rings (SSSR count). The Morgan fingerprint density at radius 3 is 2.72 bits per heavy atom. The molecule has 1 aliphatic heterocycles. The van der Waals surface area contributed by atoms with Crippen molar-refractivity contribution in [3.05, 3.63) is 27.7 Å². The molecule has 0 fully saturated rings. The molecule has 0 aliphatic carbocycles. The summed E-state index contributed by atoms with van der Waals surface area (Å²) < 4.78 is 5.80. The molecule has 1 N–H and O–H groups in total. The van der Waals surface area contributed by atoms with Gasteiger partial charge in [0.05, 0.1) is 11.1 Å². The molecule has 2 atom stereocenters. The zero-order valence-corrected chi connectivity index (χ0v) is 12.3. The van der Waals surface area contributed by atoms with E-state index in [0.717, 1.165) is 24.4 Å². The predicted octanol–water partition coefficient (Wildman–Crippen LogP) is 2.97. The van der Waals surface area contributed by atoms with Crippen LogP contribution >= 0.6 is 23.2 Å². The van der Waals surface area contributed by atoms with Gasteiger partial charge in [-0.3, -0.25) is 0 Å². The van der Waals surface area contributed by atoms with E-state index in [2.05, 4.69) is 24.3 Å². The first-order valence-electron chi connectivity index (χ1n) is 6.03. The lowest BCUT2D eigenvalue weighted by atomic mass is 10.0. The van der Waals surface area contributed by atoms with E-state index in [-0.39, 0.29) is 12.1 Å². The Morgan fingerprint density at radius 1 is 1.33 bits per heavy atom. The maximum Gasteiger partial charge on any atom is 0.144 e. The van der Waals surface area contributed by atoms with Crippen LogP contribution in [0.25, 0.3) is 0 Å². The molecule has 0 spiro atoms. The van der Waals surface area contributed by atoms with Gasteiger partial charge in [-0.05, 0) is 27.1 Å². The highest BCUT2D eigenvalue weighted by Gasteiger charge is 2.33. The van der Waals surface area contributed by atoms with Gasteiger partial charge in [0.25, 0.3) is 0 Å². The summed E-state index contributed by atoms with van der Waals surface area (Å²) in [5.41, 5.74) is 1.09. The van der Waals surface area contributed by atoms with E-state index in [1.807, 2.05) is 19.1 Å². The van der Waals surface area contributed by atoms with Crippen molar-refractivity contribution in [1.82, 2.24) is 10.2 Å². The van der Waals surface area contributed by atoms with Crippen molar-refractivity contribution in [1.29, 1.82) is 0 Å². The fourth-order valence-electron chi connectivity index (χ4n) is 2.14. The van der Waals surface area contributed by atoms with Crippen LogP contribution in [0.4, 0.5) is 0 Å². The van der Waals surface area contributed by atoms with Crippen molar-refractivity contribution in [2.24, 2.45) is 0 Å². The molecular weight excluding hydrogens is 271 g/mol. The van der Waals surface area contributed by atoms with Crippen LogP contribution in [0.1, 0.15) is 18.5 Å². The first kappa shape index (κ1) is 13.9. The fraction of sp³-hybridized carbons (Fsp3) is 0.538. The molecule has 0 saturated heterocycles. The molecule has 100 valence electrons. The van der Waals surface area contributed by atoms with Crippen LogP contribution in [0.3, 0.4) is 0 Å². The van der Waals surface area contributed by atoms with Gasteiger partial charge >= 0.3 is 0 Å². The number of nitrogens with zero attached hydrogens (tertiary/aromatic N) is 1. The van der Waals surface area contributed by atoms with Crippen LogP contribution in [-0.2, 0) is 0 Å². The van der Waals surface area contributed by atoms with Gasteiger partial charge in [-0.1, -0.05) is 29.3 Å². The van der Waals surface area contributed by atoms with Crippen molar-refractivity contribution in [2.45, 2.75) is 19.1 Å². The molecule has 0 saturated carbocycles. The maximum absolute atomic E-state index is 6.16. The molecule has 1 aromatic rings. The molecule has 5 heteroatoms. The van der Waals surface area contributed by atoms with E-state index < -0.39 is 0 Å².